The van der Waals surface area contributed by atoms with Gasteiger partial charge in [-0.15, -0.1) is 22.7 Å². The van der Waals surface area contributed by atoms with Crippen LogP contribution in [0.15, 0.2) is 42.0 Å². The lowest BCUT2D eigenvalue weighted by Crippen LogP contribution is -1.89. The van der Waals surface area contributed by atoms with E-state index in [0.717, 1.165) is 16.5 Å². The second-order valence-electron chi connectivity index (χ2n) is 3.81. The third kappa shape index (κ3) is 2.42. The molecule has 0 aliphatic heterocycles. The first-order valence-electron chi connectivity index (χ1n) is 5.51. The molecule has 0 aliphatic rings. The van der Waals surface area contributed by atoms with Crippen molar-refractivity contribution in [3.8, 4) is 10.6 Å². The molecule has 3 heterocycles. The van der Waals surface area contributed by atoms with Gasteiger partial charge in [0.25, 0.3) is 0 Å². The van der Waals surface area contributed by atoms with Crippen molar-refractivity contribution in [3.05, 3.63) is 46.9 Å². The molecule has 5 heteroatoms. The van der Waals surface area contributed by atoms with Crippen molar-refractivity contribution in [2.75, 3.05) is 5.32 Å². The summed E-state index contributed by atoms with van der Waals surface area (Å²) in [6, 6.07) is 8.11. The summed E-state index contributed by atoms with van der Waals surface area (Å²) in [5.74, 6) is 0. The second-order valence-corrected chi connectivity index (χ2v) is 5.96. The van der Waals surface area contributed by atoms with Crippen molar-refractivity contribution in [1.29, 1.82) is 0 Å². The largest absolute Gasteiger partial charge is 0.330 e. The van der Waals surface area contributed by atoms with Gasteiger partial charge in [-0.1, -0.05) is 0 Å². The van der Waals surface area contributed by atoms with E-state index in [1.807, 2.05) is 12.1 Å². The predicted octanol–water partition coefficient (Wildman–Crippen LogP) is 4.32. The van der Waals surface area contributed by atoms with Crippen molar-refractivity contribution in [3.63, 3.8) is 0 Å². The smallest absolute Gasteiger partial charge is 0.187 e. The number of thiazole rings is 1. The molecule has 1 N–H and O–H groups in total. The van der Waals surface area contributed by atoms with Crippen LogP contribution in [0.25, 0.3) is 10.6 Å². The lowest BCUT2D eigenvalue weighted by atomic mass is 10.4. The first-order chi connectivity index (χ1) is 8.81. The number of hydrogen-bond donors (Lipinski definition) is 1. The summed E-state index contributed by atoms with van der Waals surface area (Å²) in [6.45, 7) is 2.11. The van der Waals surface area contributed by atoms with Gasteiger partial charge < -0.3 is 5.32 Å². The zero-order valence-corrected chi connectivity index (χ0v) is 11.4. The third-order valence-electron chi connectivity index (χ3n) is 2.41. The van der Waals surface area contributed by atoms with Crippen molar-refractivity contribution >= 4 is 33.5 Å². The highest BCUT2D eigenvalue weighted by Gasteiger charge is 2.06. The van der Waals surface area contributed by atoms with E-state index in [1.54, 1.807) is 35.1 Å². The van der Waals surface area contributed by atoms with E-state index in [4.69, 9.17) is 0 Å². The van der Waals surface area contributed by atoms with Gasteiger partial charge in [0.1, 0.15) is 0 Å². The molecule has 3 nitrogen and oxygen atoms in total. The van der Waals surface area contributed by atoms with E-state index in [1.165, 1.54) is 9.75 Å². The molecule has 18 heavy (non-hydrogen) atoms. The monoisotopic (exact) mass is 273 g/mol. The topological polar surface area (TPSA) is 37.8 Å². The van der Waals surface area contributed by atoms with E-state index in [0.29, 0.717) is 0 Å². The van der Waals surface area contributed by atoms with Crippen molar-refractivity contribution in [2.24, 2.45) is 0 Å². The molecule has 0 aromatic carbocycles. The van der Waals surface area contributed by atoms with Gasteiger partial charge in [-0.05, 0) is 31.2 Å². The first kappa shape index (κ1) is 11.4. The average molecular weight is 273 g/mol. The van der Waals surface area contributed by atoms with Gasteiger partial charge in [0, 0.05) is 16.5 Å². The summed E-state index contributed by atoms with van der Waals surface area (Å²) >= 11 is 3.37. The standard InChI is InChI=1S/C13H11N3S2/c1-9-4-5-12(18-9)11-8-17-13(16-11)15-10-3-2-6-14-7-10/h2-8H,1H3,(H,15,16). The zero-order chi connectivity index (χ0) is 12.4. The SMILES string of the molecule is Cc1ccc(-c2csc(Nc3cccnc3)n2)s1. The Kier molecular flexibility index (Phi) is 3.08. The average Bonchev–Trinajstić information content (AvgIpc) is 2.99. The van der Waals surface area contributed by atoms with Crippen LogP contribution in [0.2, 0.25) is 0 Å². The quantitative estimate of drug-likeness (QED) is 0.772. The second kappa shape index (κ2) is 4.88. The molecule has 0 amide bonds. The molecule has 0 radical (unpaired) electrons. The Morgan fingerprint density at radius 3 is 2.89 bits per heavy atom. The fraction of sp³-hybridized carbons (Fsp3) is 0.0769. The molecule has 0 saturated carbocycles. The van der Waals surface area contributed by atoms with Crippen LogP contribution in [0.1, 0.15) is 4.88 Å². The Morgan fingerprint density at radius 1 is 1.22 bits per heavy atom. The summed E-state index contributed by atoms with van der Waals surface area (Å²) in [6.07, 6.45) is 3.54. The van der Waals surface area contributed by atoms with Crippen molar-refractivity contribution in [1.82, 2.24) is 9.97 Å². The molecule has 90 valence electrons. The van der Waals surface area contributed by atoms with Crippen LogP contribution in [-0.2, 0) is 0 Å². The van der Waals surface area contributed by atoms with E-state index in [9.17, 15) is 0 Å². The van der Waals surface area contributed by atoms with Crippen LogP contribution in [-0.4, -0.2) is 9.97 Å². The highest BCUT2D eigenvalue weighted by Crippen LogP contribution is 2.31. The molecule has 0 fully saturated rings. The Hall–Kier alpha value is -1.72. The number of rotatable bonds is 3. The minimum atomic E-state index is 0.893. The van der Waals surface area contributed by atoms with E-state index >= 15 is 0 Å². The van der Waals surface area contributed by atoms with Gasteiger partial charge in [0.2, 0.25) is 0 Å². The molecule has 3 rings (SSSR count). The molecule has 0 spiro atoms. The van der Waals surface area contributed by atoms with Crippen LogP contribution < -0.4 is 5.32 Å². The van der Waals surface area contributed by atoms with E-state index in [-0.39, 0.29) is 0 Å². The predicted molar refractivity (Wildman–Crippen MR) is 77.7 cm³/mol. The molecule has 0 aliphatic carbocycles. The molecular weight excluding hydrogens is 262 g/mol. The number of aryl methyl sites for hydroxylation is 1. The van der Waals surface area contributed by atoms with Gasteiger partial charge in [0.05, 0.1) is 22.5 Å². The Balaban J connectivity index is 1.82. The van der Waals surface area contributed by atoms with Gasteiger partial charge in [-0.25, -0.2) is 4.98 Å². The Bertz CT molecular complexity index is 643. The molecule has 0 saturated heterocycles. The summed E-state index contributed by atoms with van der Waals surface area (Å²) in [5, 5.41) is 6.22. The summed E-state index contributed by atoms with van der Waals surface area (Å²) in [7, 11) is 0. The number of nitrogens with zero attached hydrogens (tertiary/aromatic N) is 2. The number of nitrogens with one attached hydrogen (secondary N) is 1. The molecule has 3 aromatic heterocycles. The van der Waals surface area contributed by atoms with Crippen molar-refractivity contribution in [2.45, 2.75) is 6.92 Å². The summed E-state index contributed by atoms with van der Waals surface area (Å²) in [5.41, 5.74) is 1.99. The fourth-order valence-corrected chi connectivity index (χ4v) is 3.21. The normalized spacial score (nSPS) is 10.5. The van der Waals surface area contributed by atoms with Crippen molar-refractivity contribution < 1.29 is 0 Å². The molecule has 0 bridgehead atoms. The maximum Gasteiger partial charge on any atom is 0.187 e. The van der Waals surface area contributed by atoms with Crippen LogP contribution >= 0.6 is 22.7 Å². The van der Waals surface area contributed by atoms with Gasteiger partial charge >= 0.3 is 0 Å². The lowest BCUT2D eigenvalue weighted by Gasteiger charge is -1.99. The summed E-state index contributed by atoms with van der Waals surface area (Å²) in [4.78, 5) is 11.2. The maximum absolute atomic E-state index is 4.58. The van der Waals surface area contributed by atoms with Gasteiger partial charge in [-0.2, -0.15) is 0 Å². The number of pyridine rings is 1. The fourth-order valence-electron chi connectivity index (χ4n) is 1.58. The molecular formula is C13H11N3S2. The minimum Gasteiger partial charge on any atom is -0.330 e. The van der Waals surface area contributed by atoms with E-state index < -0.39 is 0 Å². The minimum absolute atomic E-state index is 0.893. The first-order valence-corrected chi connectivity index (χ1v) is 7.20. The molecule has 0 unspecified atom stereocenters. The highest BCUT2D eigenvalue weighted by molar-refractivity contribution is 7.17. The zero-order valence-electron chi connectivity index (χ0n) is 9.75. The number of anilines is 2. The lowest BCUT2D eigenvalue weighted by molar-refractivity contribution is 1.31. The number of thiophene rings is 1. The maximum atomic E-state index is 4.58. The molecule has 0 atom stereocenters. The third-order valence-corrected chi connectivity index (χ3v) is 4.19. The van der Waals surface area contributed by atoms with Gasteiger partial charge in [-0.3, -0.25) is 4.98 Å². The summed E-state index contributed by atoms with van der Waals surface area (Å²) < 4.78 is 0. The van der Waals surface area contributed by atoms with Crippen LogP contribution in [0.3, 0.4) is 0 Å². The van der Waals surface area contributed by atoms with Crippen LogP contribution in [0.5, 0.6) is 0 Å². The Morgan fingerprint density at radius 2 is 2.17 bits per heavy atom. The van der Waals surface area contributed by atoms with Gasteiger partial charge in [0.15, 0.2) is 5.13 Å². The number of aromatic nitrogens is 2. The van der Waals surface area contributed by atoms with E-state index in [2.05, 4.69) is 39.7 Å². The number of hydrogen-bond acceptors (Lipinski definition) is 5. The molecule has 3 aromatic rings. The Labute approximate surface area is 113 Å². The van der Waals surface area contributed by atoms with Crippen LogP contribution in [0, 0.1) is 6.92 Å². The highest BCUT2D eigenvalue weighted by atomic mass is 32.1. The van der Waals surface area contributed by atoms with Crippen LogP contribution in [0.4, 0.5) is 10.8 Å².